The van der Waals surface area contributed by atoms with Crippen molar-refractivity contribution in [3.05, 3.63) is 53.3 Å². The normalized spacial score (nSPS) is 12.2. The minimum Gasteiger partial charge on any atom is -0.265 e. The highest BCUT2D eigenvalue weighted by Crippen LogP contribution is 2.39. The van der Waals surface area contributed by atoms with Crippen molar-refractivity contribution in [1.82, 2.24) is 4.98 Å². The lowest BCUT2D eigenvalue weighted by atomic mass is 9.78. The minimum absolute atomic E-state index is 0.171. The van der Waals surface area contributed by atoms with Gasteiger partial charge in [0.05, 0.1) is 0 Å². The van der Waals surface area contributed by atoms with Crippen molar-refractivity contribution >= 4 is 0 Å². The van der Waals surface area contributed by atoms with E-state index in [1.54, 1.807) is 0 Å². The SMILES string of the molecule is CC(C)c1cc(C(C)(C)C)cc(C(C)C)c1-c1ccncc1. The van der Waals surface area contributed by atoms with E-state index in [4.69, 9.17) is 0 Å². The summed E-state index contributed by atoms with van der Waals surface area (Å²) in [5.41, 5.74) is 7.18. The third-order valence-electron chi connectivity index (χ3n) is 4.28. The van der Waals surface area contributed by atoms with Gasteiger partial charge in [-0.05, 0) is 57.2 Å². The van der Waals surface area contributed by atoms with E-state index < -0.39 is 0 Å². The van der Waals surface area contributed by atoms with Crippen LogP contribution >= 0.6 is 0 Å². The fourth-order valence-corrected chi connectivity index (χ4v) is 2.88. The van der Waals surface area contributed by atoms with Gasteiger partial charge in [-0.15, -0.1) is 0 Å². The molecule has 0 unspecified atom stereocenters. The molecule has 118 valence electrons. The lowest BCUT2D eigenvalue weighted by Gasteiger charge is -2.27. The van der Waals surface area contributed by atoms with Crippen LogP contribution < -0.4 is 0 Å². The quantitative estimate of drug-likeness (QED) is 0.648. The Hall–Kier alpha value is -1.63. The first-order chi connectivity index (χ1) is 10.2. The average molecular weight is 295 g/mol. The first-order valence-corrected chi connectivity index (χ1v) is 8.30. The maximum atomic E-state index is 4.18. The molecule has 0 atom stereocenters. The number of aromatic nitrogens is 1. The Bertz CT molecular complexity index is 602. The fraction of sp³-hybridized carbons (Fsp3) is 0.476. The molecule has 1 aromatic heterocycles. The Morgan fingerprint density at radius 1 is 0.818 bits per heavy atom. The molecule has 0 saturated heterocycles. The maximum absolute atomic E-state index is 4.18. The van der Waals surface area contributed by atoms with Crippen molar-refractivity contribution in [3.8, 4) is 11.1 Å². The molecule has 1 heteroatoms. The van der Waals surface area contributed by atoms with Crippen molar-refractivity contribution in [3.63, 3.8) is 0 Å². The molecule has 0 bridgehead atoms. The molecule has 0 fully saturated rings. The minimum atomic E-state index is 0.171. The molecule has 0 amide bonds. The van der Waals surface area contributed by atoms with E-state index in [1.165, 1.54) is 27.8 Å². The first kappa shape index (κ1) is 16.7. The number of benzene rings is 1. The van der Waals surface area contributed by atoms with Gasteiger partial charge in [-0.2, -0.15) is 0 Å². The van der Waals surface area contributed by atoms with E-state index in [0.717, 1.165) is 0 Å². The van der Waals surface area contributed by atoms with Crippen LogP contribution in [0.2, 0.25) is 0 Å². The Balaban J connectivity index is 2.80. The summed E-state index contributed by atoms with van der Waals surface area (Å²) in [5.74, 6) is 1.01. The van der Waals surface area contributed by atoms with Crippen molar-refractivity contribution in [2.24, 2.45) is 0 Å². The lowest BCUT2D eigenvalue weighted by Crippen LogP contribution is -2.14. The van der Waals surface area contributed by atoms with Crippen LogP contribution in [0.15, 0.2) is 36.7 Å². The van der Waals surface area contributed by atoms with Crippen LogP contribution in [0.25, 0.3) is 11.1 Å². The van der Waals surface area contributed by atoms with Gasteiger partial charge in [0, 0.05) is 12.4 Å². The first-order valence-electron chi connectivity index (χ1n) is 8.30. The zero-order chi connectivity index (χ0) is 16.5. The van der Waals surface area contributed by atoms with Gasteiger partial charge in [0.15, 0.2) is 0 Å². The smallest absolute Gasteiger partial charge is 0.0273 e. The molecule has 2 aromatic rings. The van der Waals surface area contributed by atoms with Crippen LogP contribution in [0.4, 0.5) is 0 Å². The van der Waals surface area contributed by atoms with Crippen LogP contribution in [0, 0.1) is 0 Å². The van der Waals surface area contributed by atoms with Crippen molar-refractivity contribution < 1.29 is 0 Å². The van der Waals surface area contributed by atoms with Gasteiger partial charge in [0.1, 0.15) is 0 Å². The van der Waals surface area contributed by atoms with Crippen LogP contribution in [0.1, 0.15) is 77.0 Å². The second-order valence-electron chi connectivity index (χ2n) is 7.82. The van der Waals surface area contributed by atoms with Crippen LogP contribution in [-0.4, -0.2) is 4.98 Å². The zero-order valence-electron chi connectivity index (χ0n) is 15.1. The summed E-state index contributed by atoms with van der Waals surface area (Å²) in [6, 6.07) is 9.08. The van der Waals surface area contributed by atoms with E-state index in [9.17, 15) is 0 Å². The topological polar surface area (TPSA) is 12.9 Å². The molecular weight excluding hydrogens is 266 g/mol. The molecule has 0 spiro atoms. The predicted octanol–water partition coefficient (Wildman–Crippen LogP) is 6.29. The maximum Gasteiger partial charge on any atom is 0.0273 e. The van der Waals surface area contributed by atoms with Crippen LogP contribution in [0.5, 0.6) is 0 Å². The second kappa shape index (κ2) is 6.24. The summed E-state index contributed by atoms with van der Waals surface area (Å²) < 4.78 is 0. The van der Waals surface area contributed by atoms with Crippen molar-refractivity contribution in [2.75, 3.05) is 0 Å². The molecule has 22 heavy (non-hydrogen) atoms. The zero-order valence-corrected chi connectivity index (χ0v) is 15.1. The predicted molar refractivity (Wildman–Crippen MR) is 96.6 cm³/mol. The molecule has 0 radical (unpaired) electrons. The van der Waals surface area contributed by atoms with E-state index in [1.807, 2.05) is 12.4 Å². The van der Waals surface area contributed by atoms with E-state index in [0.29, 0.717) is 11.8 Å². The largest absolute Gasteiger partial charge is 0.265 e. The number of nitrogens with zero attached hydrogens (tertiary/aromatic N) is 1. The Kier molecular flexibility index (Phi) is 4.75. The molecule has 0 aliphatic rings. The van der Waals surface area contributed by atoms with Gasteiger partial charge in [0.25, 0.3) is 0 Å². The number of pyridine rings is 1. The fourth-order valence-electron chi connectivity index (χ4n) is 2.88. The summed E-state index contributed by atoms with van der Waals surface area (Å²) in [4.78, 5) is 4.18. The van der Waals surface area contributed by atoms with Crippen LogP contribution in [-0.2, 0) is 5.41 Å². The summed E-state index contributed by atoms with van der Waals surface area (Å²) in [7, 11) is 0. The number of rotatable bonds is 3. The third kappa shape index (κ3) is 3.40. The standard InChI is InChI=1S/C21H29N/c1-14(2)18-12-17(21(5,6)7)13-19(15(3)4)20(18)16-8-10-22-11-9-16/h8-15H,1-7H3. The molecule has 1 aromatic carbocycles. The third-order valence-corrected chi connectivity index (χ3v) is 4.28. The lowest BCUT2D eigenvalue weighted by molar-refractivity contribution is 0.587. The molecular formula is C21H29N. The summed E-state index contributed by atoms with van der Waals surface area (Å²) in [6.45, 7) is 16.0. The summed E-state index contributed by atoms with van der Waals surface area (Å²) in [6.07, 6.45) is 3.78. The molecule has 0 aliphatic carbocycles. The Morgan fingerprint density at radius 3 is 1.64 bits per heavy atom. The van der Waals surface area contributed by atoms with E-state index in [2.05, 4.69) is 77.7 Å². The molecule has 0 saturated carbocycles. The van der Waals surface area contributed by atoms with Crippen LogP contribution in [0.3, 0.4) is 0 Å². The Morgan fingerprint density at radius 2 is 1.27 bits per heavy atom. The highest BCUT2D eigenvalue weighted by atomic mass is 14.6. The average Bonchev–Trinajstić information content (AvgIpc) is 2.45. The molecule has 2 rings (SSSR count). The van der Waals surface area contributed by atoms with Gasteiger partial charge < -0.3 is 0 Å². The summed E-state index contributed by atoms with van der Waals surface area (Å²) in [5, 5.41) is 0. The van der Waals surface area contributed by atoms with Gasteiger partial charge in [-0.1, -0.05) is 60.6 Å². The van der Waals surface area contributed by atoms with E-state index >= 15 is 0 Å². The Labute approximate surface area is 135 Å². The van der Waals surface area contributed by atoms with Crippen molar-refractivity contribution in [1.29, 1.82) is 0 Å². The highest BCUT2D eigenvalue weighted by molar-refractivity contribution is 5.73. The highest BCUT2D eigenvalue weighted by Gasteiger charge is 2.22. The molecule has 0 aliphatic heterocycles. The van der Waals surface area contributed by atoms with E-state index in [-0.39, 0.29) is 5.41 Å². The number of hydrogen-bond acceptors (Lipinski definition) is 1. The van der Waals surface area contributed by atoms with Gasteiger partial charge in [0.2, 0.25) is 0 Å². The number of hydrogen-bond donors (Lipinski definition) is 0. The van der Waals surface area contributed by atoms with Crippen molar-refractivity contribution in [2.45, 2.75) is 65.7 Å². The molecule has 1 heterocycles. The van der Waals surface area contributed by atoms with Gasteiger partial charge in [-0.25, -0.2) is 0 Å². The van der Waals surface area contributed by atoms with Gasteiger partial charge in [-0.3, -0.25) is 4.98 Å². The molecule has 1 nitrogen and oxygen atoms in total. The second-order valence-corrected chi connectivity index (χ2v) is 7.82. The monoisotopic (exact) mass is 295 g/mol. The van der Waals surface area contributed by atoms with Gasteiger partial charge >= 0.3 is 0 Å². The molecule has 0 N–H and O–H groups in total. The summed E-state index contributed by atoms with van der Waals surface area (Å²) >= 11 is 0.